The average molecular weight is 642 g/mol. The van der Waals surface area contributed by atoms with Crippen LogP contribution in [-0.2, 0) is 9.53 Å². The van der Waals surface area contributed by atoms with Crippen LogP contribution in [0.1, 0.15) is 194 Å². The van der Waals surface area contributed by atoms with Crippen molar-refractivity contribution in [1.29, 1.82) is 0 Å². The van der Waals surface area contributed by atoms with E-state index in [9.17, 15) is 4.79 Å². The maximum Gasteiger partial charge on any atom is 0.306 e. The first kappa shape index (κ1) is 44.4. The second-order valence-electron chi connectivity index (χ2n) is 13.7. The van der Waals surface area contributed by atoms with Crippen LogP contribution >= 0.6 is 0 Å². The molecule has 46 heavy (non-hydrogen) atoms. The van der Waals surface area contributed by atoms with Gasteiger partial charge in [0, 0.05) is 6.42 Å². The number of carbonyl (C=O) groups excluding carboxylic acids is 1. The normalized spacial score (nSPS) is 13.0. The molecule has 0 saturated carbocycles. The molecule has 0 unspecified atom stereocenters. The summed E-state index contributed by atoms with van der Waals surface area (Å²) in [6, 6.07) is 0. The lowest BCUT2D eigenvalue weighted by molar-refractivity contribution is -0.150. The predicted molar refractivity (Wildman–Crippen MR) is 206 cm³/mol. The van der Waals surface area contributed by atoms with E-state index >= 15 is 0 Å². The van der Waals surface area contributed by atoms with Crippen molar-refractivity contribution in [2.75, 3.05) is 20.6 Å². The molecule has 3 nitrogen and oxygen atoms in total. The topological polar surface area (TPSA) is 29.5 Å². The van der Waals surface area contributed by atoms with E-state index in [4.69, 9.17) is 4.74 Å². The Morgan fingerprint density at radius 1 is 0.522 bits per heavy atom. The van der Waals surface area contributed by atoms with Gasteiger partial charge in [-0.3, -0.25) is 4.79 Å². The highest BCUT2D eigenvalue weighted by molar-refractivity contribution is 5.69. The molecule has 268 valence electrons. The summed E-state index contributed by atoms with van der Waals surface area (Å²) in [4.78, 5) is 14.7. The van der Waals surface area contributed by atoms with E-state index < -0.39 is 0 Å². The Hall–Kier alpha value is -1.61. The largest absolute Gasteiger partial charge is 0.462 e. The number of rotatable bonds is 35. The van der Waals surface area contributed by atoms with E-state index in [1.165, 1.54) is 135 Å². The molecule has 0 amide bonds. The van der Waals surface area contributed by atoms with E-state index in [2.05, 4.69) is 81.5 Å². The molecule has 0 radical (unpaired) electrons. The summed E-state index contributed by atoms with van der Waals surface area (Å²) in [5.41, 5.74) is 0. The van der Waals surface area contributed by atoms with Gasteiger partial charge in [-0.25, -0.2) is 0 Å². The molecular weight excluding hydrogens is 562 g/mol. The molecule has 0 aliphatic heterocycles. The van der Waals surface area contributed by atoms with Gasteiger partial charge < -0.3 is 9.64 Å². The number of esters is 1. The first-order chi connectivity index (χ1) is 22.6. The van der Waals surface area contributed by atoms with Gasteiger partial charge in [-0.15, -0.1) is 0 Å². The van der Waals surface area contributed by atoms with Gasteiger partial charge in [-0.1, -0.05) is 146 Å². The number of hydrogen-bond acceptors (Lipinski definition) is 3. The molecule has 0 rings (SSSR count). The smallest absolute Gasteiger partial charge is 0.306 e. The zero-order valence-corrected chi connectivity index (χ0v) is 31.5. The Balaban J connectivity index is 4.00. The van der Waals surface area contributed by atoms with Crippen molar-refractivity contribution in [2.24, 2.45) is 0 Å². The SMILES string of the molecule is CCC=CCC=CCC=CCCCCCCCC[C@H](CCCCCCCCC=CCCCCCCCC)OC(=O)CCCN(C)C. The third-order valence-electron chi connectivity index (χ3n) is 8.75. The minimum atomic E-state index is 0.00766. The fourth-order valence-electron chi connectivity index (χ4n) is 5.83. The third kappa shape index (κ3) is 36.9. The summed E-state index contributed by atoms with van der Waals surface area (Å²) in [7, 11) is 4.12. The summed E-state index contributed by atoms with van der Waals surface area (Å²) in [5.74, 6) is 0.00766. The highest BCUT2D eigenvalue weighted by Crippen LogP contribution is 2.18. The molecule has 0 aliphatic rings. The van der Waals surface area contributed by atoms with Crippen LogP contribution in [0.3, 0.4) is 0 Å². The second kappa shape index (κ2) is 37.8. The third-order valence-corrected chi connectivity index (χ3v) is 8.75. The lowest BCUT2D eigenvalue weighted by atomic mass is 10.0. The average Bonchev–Trinajstić information content (AvgIpc) is 3.04. The number of carbonyl (C=O) groups is 1. The first-order valence-corrected chi connectivity index (χ1v) is 20.0. The fourth-order valence-corrected chi connectivity index (χ4v) is 5.83. The number of hydrogen-bond donors (Lipinski definition) is 0. The van der Waals surface area contributed by atoms with Crippen molar-refractivity contribution >= 4 is 5.97 Å². The highest BCUT2D eigenvalue weighted by atomic mass is 16.5. The second-order valence-corrected chi connectivity index (χ2v) is 13.7. The van der Waals surface area contributed by atoms with E-state index in [1.807, 2.05) is 0 Å². The van der Waals surface area contributed by atoms with Crippen LogP contribution in [-0.4, -0.2) is 37.6 Å². The van der Waals surface area contributed by atoms with E-state index in [1.54, 1.807) is 0 Å². The Morgan fingerprint density at radius 2 is 0.935 bits per heavy atom. The quantitative estimate of drug-likeness (QED) is 0.0392. The van der Waals surface area contributed by atoms with Crippen LogP contribution in [0.2, 0.25) is 0 Å². The number of unbranched alkanes of at least 4 members (excludes halogenated alkanes) is 18. The molecule has 3 heteroatoms. The van der Waals surface area contributed by atoms with Crippen molar-refractivity contribution in [3.63, 3.8) is 0 Å². The fraction of sp³-hybridized carbons (Fsp3) is 0.791. The monoisotopic (exact) mass is 642 g/mol. The number of allylic oxidation sites excluding steroid dienone is 8. The van der Waals surface area contributed by atoms with Gasteiger partial charge in [0.15, 0.2) is 0 Å². The first-order valence-electron chi connectivity index (χ1n) is 20.0. The zero-order valence-electron chi connectivity index (χ0n) is 31.5. The van der Waals surface area contributed by atoms with Gasteiger partial charge in [0.1, 0.15) is 6.10 Å². The van der Waals surface area contributed by atoms with Crippen LogP contribution in [0.25, 0.3) is 0 Å². The Morgan fingerprint density at radius 3 is 1.41 bits per heavy atom. The van der Waals surface area contributed by atoms with Crippen LogP contribution in [0, 0.1) is 0 Å². The van der Waals surface area contributed by atoms with Crippen LogP contribution in [0.15, 0.2) is 48.6 Å². The molecule has 0 aromatic rings. The van der Waals surface area contributed by atoms with Crippen LogP contribution < -0.4 is 0 Å². The Labute approximate surface area is 288 Å². The maximum atomic E-state index is 12.5. The van der Waals surface area contributed by atoms with Gasteiger partial charge >= 0.3 is 5.97 Å². The van der Waals surface area contributed by atoms with Crippen molar-refractivity contribution < 1.29 is 9.53 Å². The van der Waals surface area contributed by atoms with Crippen molar-refractivity contribution in [2.45, 2.75) is 200 Å². The lowest BCUT2D eigenvalue weighted by Crippen LogP contribution is -2.20. The van der Waals surface area contributed by atoms with E-state index in [0.717, 1.165) is 45.1 Å². The molecular formula is C43H79NO2. The van der Waals surface area contributed by atoms with Crippen molar-refractivity contribution in [3.05, 3.63) is 48.6 Å². The molecule has 0 aromatic heterocycles. The van der Waals surface area contributed by atoms with Crippen molar-refractivity contribution in [1.82, 2.24) is 4.90 Å². The lowest BCUT2D eigenvalue weighted by Gasteiger charge is -2.18. The summed E-state index contributed by atoms with van der Waals surface area (Å²) in [6.07, 6.45) is 52.8. The summed E-state index contributed by atoms with van der Waals surface area (Å²) >= 11 is 0. The zero-order chi connectivity index (χ0) is 33.6. The molecule has 0 bridgehead atoms. The standard InChI is InChI=1S/C43H79NO2/c1-5-7-9-11-13-15-17-19-21-23-25-27-29-31-33-35-38-42(46-43(45)40-37-41-44(3)4)39-36-34-32-30-28-26-24-22-20-18-16-14-12-10-8-6-2/h7,9,13,15,19-22,42H,5-6,8,10-12,14,16-18,23-41H2,1-4H3/t42-/m1/s1. The molecule has 0 spiro atoms. The predicted octanol–water partition coefficient (Wildman–Crippen LogP) is 13.6. The van der Waals surface area contributed by atoms with E-state index in [0.29, 0.717) is 6.42 Å². The number of nitrogens with zero attached hydrogens (tertiary/aromatic N) is 1. The Bertz CT molecular complexity index is 735. The van der Waals surface area contributed by atoms with Gasteiger partial charge in [0.05, 0.1) is 0 Å². The molecule has 0 saturated heterocycles. The van der Waals surface area contributed by atoms with Gasteiger partial charge in [0.2, 0.25) is 0 Å². The van der Waals surface area contributed by atoms with Gasteiger partial charge in [0.25, 0.3) is 0 Å². The molecule has 1 atom stereocenters. The Kier molecular flexibility index (Phi) is 36.5. The van der Waals surface area contributed by atoms with Crippen molar-refractivity contribution in [3.8, 4) is 0 Å². The number of ether oxygens (including phenoxy) is 1. The maximum absolute atomic E-state index is 12.5. The molecule has 0 aliphatic carbocycles. The summed E-state index contributed by atoms with van der Waals surface area (Å²) in [6.45, 7) is 5.40. The highest BCUT2D eigenvalue weighted by Gasteiger charge is 2.14. The molecule has 0 fully saturated rings. The molecule has 0 N–H and O–H groups in total. The summed E-state index contributed by atoms with van der Waals surface area (Å²) < 4.78 is 6.00. The van der Waals surface area contributed by atoms with Crippen LogP contribution in [0.5, 0.6) is 0 Å². The van der Waals surface area contributed by atoms with E-state index in [-0.39, 0.29) is 12.1 Å². The minimum absolute atomic E-state index is 0.00766. The molecule has 0 heterocycles. The van der Waals surface area contributed by atoms with Gasteiger partial charge in [-0.2, -0.15) is 0 Å². The summed E-state index contributed by atoms with van der Waals surface area (Å²) in [5, 5.41) is 0. The van der Waals surface area contributed by atoms with Gasteiger partial charge in [-0.05, 0) is 111 Å². The van der Waals surface area contributed by atoms with Crippen LogP contribution in [0.4, 0.5) is 0 Å². The molecule has 0 aromatic carbocycles. The minimum Gasteiger partial charge on any atom is -0.462 e.